The van der Waals surface area contributed by atoms with Crippen LogP contribution in [-0.4, -0.2) is 55.7 Å². The Morgan fingerprint density at radius 1 is 1.00 bits per heavy atom. The Morgan fingerprint density at radius 2 is 1.76 bits per heavy atom. The fourth-order valence-corrected chi connectivity index (χ4v) is 5.25. The SMILES string of the molecule is CC1(C)OCc2cc(C(O)CNCCCCCCOCCCCCCc3cccc(N4C(=O)CNC4=O)c3)ccc2O1. The predicted molar refractivity (Wildman–Crippen MR) is 163 cm³/mol. The van der Waals surface area contributed by atoms with Crippen molar-refractivity contribution in [3.05, 3.63) is 59.2 Å². The number of rotatable bonds is 18. The number of aryl methyl sites for hydroxylation is 1. The van der Waals surface area contributed by atoms with Gasteiger partial charge in [0.05, 0.1) is 24.9 Å². The molecule has 230 valence electrons. The molecule has 0 radical (unpaired) electrons. The van der Waals surface area contributed by atoms with Crippen LogP contribution in [0, 0.1) is 0 Å². The number of fused-ring (bicyclic) bond motifs is 1. The van der Waals surface area contributed by atoms with E-state index in [9.17, 15) is 14.7 Å². The van der Waals surface area contributed by atoms with Gasteiger partial charge in [-0.1, -0.05) is 43.9 Å². The van der Waals surface area contributed by atoms with Crippen LogP contribution in [0.3, 0.4) is 0 Å². The molecule has 0 spiro atoms. The minimum absolute atomic E-state index is 0.0680. The predicted octanol–water partition coefficient (Wildman–Crippen LogP) is 5.39. The van der Waals surface area contributed by atoms with E-state index in [-0.39, 0.29) is 18.5 Å². The van der Waals surface area contributed by atoms with Crippen LogP contribution in [0.1, 0.15) is 88.0 Å². The van der Waals surface area contributed by atoms with Crippen molar-refractivity contribution in [3.8, 4) is 5.75 Å². The number of anilines is 1. The van der Waals surface area contributed by atoms with Gasteiger partial charge in [0.2, 0.25) is 5.79 Å². The van der Waals surface area contributed by atoms with E-state index < -0.39 is 11.9 Å². The zero-order chi connectivity index (χ0) is 29.8. The minimum atomic E-state index is -0.612. The molecule has 42 heavy (non-hydrogen) atoms. The van der Waals surface area contributed by atoms with Crippen LogP contribution in [0.25, 0.3) is 0 Å². The van der Waals surface area contributed by atoms with E-state index in [4.69, 9.17) is 14.2 Å². The maximum Gasteiger partial charge on any atom is 0.329 e. The zero-order valence-corrected chi connectivity index (χ0v) is 25.2. The average Bonchev–Trinajstić information content (AvgIpc) is 3.31. The van der Waals surface area contributed by atoms with Gasteiger partial charge in [-0.2, -0.15) is 0 Å². The van der Waals surface area contributed by atoms with Gasteiger partial charge >= 0.3 is 6.03 Å². The number of hydrogen-bond donors (Lipinski definition) is 3. The molecule has 2 aliphatic rings. The maximum absolute atomic E-state index is 11.9. The van der Waals surface area contributed by atoms with E-state index in [1.807, 2.05) is 50.2 Å². The van der Waals surface area contributed by atoms with Crippen molar-refractivity contribution in [2.45, 2.75) is 90.1 Å². The first-order chi connectivity index (χ1) is 20.3. The largest absolute Gasteiger partial charge is 0.463 e. The summed E-state index contributed by atoms with van der Waals surface area (Å²) in [5.74, 6) is 0.00343. The molecule has 3 N–H and O–H groups in total. The molecule has 1 atom stereocenters. The average molecular weight is 582 g/mol. The summed E-state index contributed by atoms with van der Waals surface area (Å²) in [6.45, 7) is 7.39. The Hall–Kier alpha value is -2.98. The van der Waals surface area contributed by atoms with Crippen LogP contribution < -0.4 is 20.3 Å². The van der Waals surface area contributed by atoms with Gasteiger partial charge in [-0.15, -0.1) is 0 Å². The lowest BCUT2D eigenvalue weighted by Gasteiger charge is -2.33. The number of imide groups is 1. The number of ether oxygens (including phenoxy) is 3. The summed E-state index contributed by atoms with van der Waals surface area (Å²) in [6, 6.07) is 13.2. The van der Waals surface area contributed by atoms with E-state index >= 15 is 0 Å². The third kappa shape index (κ3) is 9.80. The van der Waals surface area contributed by atoms with E-state index in [2.05, 4.69) is 10.6 Å². The van der Waals surface area contributed by atoms with Gasteiger partial charge in [-0.05, 0) is 74.0 Å². The third-order valence-corrected chi connectivity index (χ3v) is 7.65. The third-order valence-electron chi connectivity index (χ3n) is 7.65. The quantitative estimate of drug-likeness (QED) is 0.160. The lowest BCUT2D eigenvalue weighted by molar-refractivity contribution is -0.180. The summed E-state index contributed by atoms with van der Waals surface area (Å²) in [5, 5.41) is 16.5. The molecular weight excluding hydrogens is 534 g/mol. The Morgan fingerprint density at radius 3 is 2.52 bits per heavy atom. The highest BCUT2D eigenvalue weighted by Gasteiger charge is 2.30. The normalized spacial score (nSPS) is 16.7. The van der Waals surface area contributed by atoms with Gasteiger partial charge < -0.3 is 30.0 Å². The number of hydrogen-bond acceptors (Lipinski definition) is 7. The summed E-state index contributed by atoms with van der Waals surface area (Å²) in [7, 11) is 0. The summed E-state index contributed by atoms with van der Waals surface area (Å²) < 4.78 is 17.3. The Labute approximate surface area is 249 Å². The second kappa shape index (κ2) is 16.0. The van der Waals surface area contributed by atoms with Crippen molar-refractivity contribution in [1.82, 2.24) is 10.6 Å². The molecule has 3 amide bonds. The fraction of sp³-hybridized carbons (Fsp3) is 0.576. The zero-order valence-electron chi connectivity index (χ0n) is 25.2. The summed E-state index contributed by atoms with van der Waals surface area (Å²) in [5.41, 5.74) is 3.64. The van der Waals surface area contributed by atoms with Gasteiger partial charge in [-0.3, -0.25) is 4.79 Å². The van der Waals surface area contributed by atoms with Crippen LogP contribution in [0.5, 0.6) is 5.75 Å². The minimum Gasteiger partial charge on any atom is -0.463 e. The number of unbranched alkanes of at least 4 members (excludes halogenated alkanes) is 6. The summed E-state index contributed by atoms with van der Waals surface area (Å²) in [6.07, 6.45) is 9.24. The Balaban J connectivity index is 0.945. The van der Waals surface area contributed by atoms with Gasteiger partial charge in [0.1, 0.15) is 5.75 Å². The van der Waals surface area contributed by atoms with Crippen LogP contribution >= 0.6 is 0 Å². The highest BCUT2D eigenvalue weighted by atomic mass is 16.7. The molecule has 9 nitrogen and oxygen atoms in total. The van der Waals surface area contributed by atoms with E-state index in [1.165, 1.54) is 4.90 Å². The molecule has 2 aromatic carbocycles. The molecule has 2 aromatic rings. The number of benzene rings is 2. The van der Waals surface area contributed by atoms with Crippen molar-refractivity contribution in [2.75, 3.05) is 37.7 Å². The topological polar surface area (TPSA) is 109 Å². The molecule has 4 rings (SSSR count). The second-order valence-corrected chi connectivity index (χ2v) is 11.6. The number of urea groups is 1. The van der Waals surface area contributed by atoms with Crippen LogP contribution in [0.2, 0.25) is 0 Å². The Kier molecular flexibility index (Phi) is 12.2. The Bertz CT molecular complexity index is 1150. The first kappa shape index (κ1) is 31.9. The molecule has 0 saturated carbocycles. The summed E-state index contributed by atoms with van der Waals surface area (Å²) in [4.78, 5) is 25.0. The fourth-order valence-electron chi connectivity index (χ4n) is 5.25. The highest BCUT2D eigenvalue weighted by molar-refractivity contribution is 6.19. The summed E-state index contributed by atoms with van der Waals surface area (Å²) >= 11 is 0. The molecule has 1 unspecified atom stereocenters. The standard InChI is InChI=1S/C33H47N3O6/c1-33(2)41-24-27-21-26(15-16-30(27)42-33)29(37)22-34-17-8-4-6-10-19-40-18-9-5-3-7-12-25-13-11-14-28(20-25)36-31(38)23-35-32(36)39/h11,13-16,20-21,29,34,37H,3-10,12,17-19,22-24H2,1-2H3,(H,35,39). The molecule has 1 saturated heterocycles. The number of nitrogens with one attached hydrogen (secondary N) is 2. The molecule has 2 aliphatic heterocycles. The molecule has 2 heterocycles. The maximum atomic E-state index is 11.9. The number of carbonyl (C=O) groups is 2. The van der Waals surface area contributed by atoms with Crippen LogP contribution in [0.4, 0.5) is 10.5 Å². The van der Waals surface area contributed by atoms with E-state index in [0.29, 0.717) is 18.8 Å². The van der Waals surface area contributed by atoms with Crippen molar-refractivity contribution in [3.63, 3.8) is 0 Å². The van der Waals surface area contributed by atoms with Crippen LogP contribution in [0.15, 0.2) is 42.5 Å². The number of amides is 3. The number of carbonyl (C=O) groups excluding carboxylic acids is 2. The molecule has 0 aromatic heterocycles. The van der Waals surface area contributed by atoms with Gasteiger partial charge in [0, 0.05) is 39.2 Å². The lowest BCUT2D eigenvalue weighted by atomic mass is 10.0. The van der Waals surface area contributed by atoms with E-state index in [0.717, 1.165) is 100.0 Å². The molecule has 1 fully saturated rings. The van der Waals surface area contributed by atoms with Crippen LogP contribution in [-0.2, 0) is 27.3 Å². The molecule has 9 heteroatoms. The molecule has 0 aliphatic carbocycles. The number of aliphatic hydroxyl groups is 1. The lowest BCUT2D eigenvalue weighted by Crippen LogP contribution is -2.35. The first-order valence-corrected chi connectivity index (χ1v) is 15.4. The smallest absolute Gasteiger partial charge is 0.329 e. The number of aliphatic hydroxyl groups excluding tert-OH is 1. The molecular formula is C33H47N3O6. The van der Waals surface area contributed by atoms with E-state index in [1.54, 1.807) is 6.07 Å². The molecule has 0 bridgehead atoms. The van der Waals surface area contributed by atoms with Crippen molar-refractivity contribution in [1.29, 1.82) is 0 Å². The highest BCUT2D eigenvalue weighted by Crippen LogP contribution is 2.32. The van der Waals surface area contributed by atoms with Crippen molar-refractivity contribution in [2.24, 2.45) is 0 Å². The second-order valence-electron chi connectivity index (χ2n) is 11.6. The monoisotopic (exact) mass is 581 g/mol. The number of nitrogens with zero attached hydrogens (tertiary/aromatic N) is 1. The van der Waals surface area contributed by atoms with Crippen molar-refractivity contribution < 1.29 is 28.9 Å². The van der Waals surface area contributed by atoms with Gasteiger partial charge in [-0.25, -0.2) is 9.69 Å². The van der Waals surface area contributed by atoms with Gasteiger partial charge in [0.15, 0.2) is 0 Å². The first-order valence-electron chi connectivity index (χ1n) is 15.4. The van der Waals surface area contributed by atoms with Gasteiger partial charge in [0.25, 0.3) is 5.91 Å². The van der Waals surface area contributed by atoms with Crippen molar-refractivity contribution >= 4 is 17.6 Å².